The van der Waals surface area contributed by atoms with E-state index in [4.69, 9.17) is 4.74 Å². The van der Waals surface area contributed by atoms with Crippen LogP contribution < -0.4 is 9.64 Å². The Bertz CT molecular complexity index is 690. The van der Waals surface area contributed by atoms with Crippen LogP contribution in [0.1, 0.15) is 30.1 Å². The molecule has 2 aromatic rings. The first-order valence-corrected chi connectivity index (χ1v) is 7.30. The zero-order chi connectivity index (χ0) is 16.4. The molecule has 1 fully saturated rings. The van der Waals surface area contributed by atoms with Gasteiger partial charge in [0.15, 0.2) is 0 Å². The van der Waals surface area contributed by atoms with Crippen molar-refractivity contribution in [3.63, 3.8) is 0 Å². The van der Waals surface area contributed by atoms with Gasteiger partial charge in [-0.25, -0.2) is 9.97 Å². The van der Waals surface area contributed by atoms with Crippen LogP contribution in [0.3, 0.4) is 0 Å². The number of nitrogens with zero attached hydrogens (tertiary/aromatic N) is 3. The van der Waals surface area contributed by atoms with E-state index in [1.807, 2.05) is 29.2 Å². The summed E-state index contributed by atoms with van der Waals surface area (Å²) in [5.41, 5.74) is 0.0710. The number of hydrogen-bond acceptors (Lipinski definition) is 4. The van der Waals surface area contributed by atoms with Crippen LogP contribution in [0, 0.1) is 0 Å². The number of methoxy groups -OCH3 is 1. The fourth-order valence-electron chi connectivity index (χ4n) is 2.85. The summed E-state index contributed by atoms with van der Waals surface area (Å²) in [6.07, 6.45) is -1.59. The summed E-state index contributed by atoms with van der Waals surface area (Å²) in [5.74, 6) is 0.837. The van der Waals surface area contributed by atoms with Gasteiger partial charge in [0.25, 0.3) is 0 Å². The standard InChI is InChI=1S/C16H16F3N3O/c1-23-12-5-2-4-11(10-12)13-6-3-9-22(13)15-20-8-7-14(21-15)16(17,18)19/h2,4-5,7-8,10,13H,3,6,9H2,1H3. The molecule has 122 valence electrons. The molecule has 0 saturated carbocycles. The largest absolute Gasteiger partial charge is 0.497 e. The predicted octanol–water partition coefficient (Wildman–Crippen LogP) is 3.85. The highest BCUT2D eigenvalue weighted by Crippen LogP contribution is 2.36. The molecular formula is C16H16F3N3O. The molecule has 1 atom stereocenters. The Morgan fingerprint density at radius 1 is 1.26 bits per heavy atom. The summed E-state index contributed by atoms with van der Waals surface area (Å²) < 4.78 is 43.8. The minimum absolute atomic E-state index is 0.0476. The molecule has 4 nitrogen and oxygen atoms in total. The quantitative estimate of drug-likeness (QED) is 0.860. The number of hydrogen-bond donors (Lipinski definition) is 0. The molecule has 3 rings (SSSR count). The molecule has 0 radical (unpaired) electrons. The summed E-state index contributed by atoms with van der Waals surface area (Å²) in [6.45, 7) is 0.628. The van der Waals surface area contributed by atoms with Gasteiger partial charge in [-0.05, 0) is 36.6 Å². The molecule has 0 amide bonds. The first-order chi connectivity index (χ1) is 11.0. The second kappa shape index (κ2) is 6.06. The maximum absolute atomic E-state index is 12.8. The van der Waals surface area contributed by atoms with Crippen molar-refractivity contribution in [2.24, 2.45) is 0 Å². The smallest absolute Gasteiger partial charge is 0.433 e. The lowest BCUT2D eigenvalue weighted by atomic mass is 10.0. The molecule has 23 heavy (non-hydrogen) atoms. The van der Waals surface area contributed by atoms with E-state index in [1.165, 1.54) is 0 Å². The lowest BCUT2D eigenvalue weighted by Crippen LogP contribution is -2.25. The Morgan fingerprint density at radius 2 is 2.09 bits per heavy atom. The monoisotopic (exact) mass is 323 g/mol. The Balaban J connectivity index is 1.92. The third-order valence-corrected chi connectivity index (χ3v) is 3.92. The van der Waals surface area contributed by atoms with Gasteiger partial charge in [0.05, 0.1) is 13.2 Å². The molecule has 1 unspecified atom stereocenters. The van der Waals surface area contributed by atoms with Crippen LogP contribution in [0.5, 0.6) is 5.75 Å². The van der Waals surface area contributed by atoms with Crippen LogP contribution >= 0.6 is 0 Å². The van der Waals surface area contributed by atoms with E-state index in [-0.39, 0.29) is 12.0 Å². The summed E-state index contributed by atoms with van der Waals surface area (Å²) in [5, 5.41) is 0. The predicted molar refractivity (Wildman–Crippen MR) is 79.3 cm³/mol. The fraction of sp³-hybridized carbons (Fsp3) is 0.375. The van der Waals surface area contributed by atoms with Crippen LogP contribution in [-0.4, -0.2) is 23.6 Å². The zero-order valence-corrected chi connectivity index (χ0v) is 12.5. The Labute approximate surface area is 131 Å². The van der Waals surface area contributed by atoms with Crippen molar-refractivity contribution in [3.05, 3.63) is 47.8 Å². The normalized spacial score (nSPS) is 18.3. The summed E-state index contributed by atoms with van der Waals surface area (Å²) in [7, 11) is 1.58. The van der Waals surface area contributed by atoms with Gasteiger partial charge in [-0.1, -0.05) is 12.1 Å². The molecule has 1 aliphatic rings. The number of halogens is 3. The van der Waals surface area contributed by atoms with Gasteiger partial charge in [-0.2, -0.15) is 13.2 Å². The maximum atomic E-state index is 12.8. The highest BCUT2D eigenvalue weighted by atomic mass is 19.4. The number of rotatable bonds is 3. The van der Waals surface area contributed by atoms with Crippen molar-refractivity contribution >= 4 is 5.95 Å². The van der Waals surface area contributed by atoms with E-state index < -0.39 is 11.9 Å². The molecule has 2 heterocycles. The van der Waals surface area contributed by atoms with Crippen LogP contribution in [0.25, 0.3) is 0 Å². The molecule has 1 aromatic heterocycles. The van der Waals surface area contributed by atoms with Crippen molar-refractivity contribution in [1.29, 1.82) is 0 Å². The number of aromatic nitrogens is 2. The summed E-state index contributed by atoms with van der Waals surface area (Å²) >= 11 is 0. The van der Waals surface area contributed by atoms with Crippen LogP contribution in [0.15, 0.2) is 36.5 Å². The Hall–Kier alpha value is -2.31. The maximum Gasteiger partial charge on any atom is 0.433 e. The molecule has 1 saturated heterocycles. The molecule has 0 N–H and O–H groups in total. The second-order valence-corrected chi connectivity index (χ2v) is 5.37. The summed E-state index contributed by atoms with van der Waals surface area (Å²) in [6, 6.07) is 8.39. The molecule has 0 aliphatic carbocycles. The molecule has 7 heteroatoms. The van der Waals surface area contributed by atoms with Crippen molar-refractivity contribution in [3.8, 4) is 5.75 Å². The molecule has 1 aromatic carbocycles. The van der Waals surface area contributed by atoms with Crippen LogP contribution in [0.4, 0.5) is 19.1 Å². The van der Waals surface area contributed by atoms with E-state index in [9.17, 15) is 13.2 Å². The van der Waals surface area contributed by atoms with E-state index >= 15 is 0 Å². The summed E-state index contributed by atoms with van der Waals surface area (Å²) in [4.78, 5) is 9.56. The zero-order valence-electron chi connectivity index (χ0n) is 12.5. The molecular weight excluding hydrogens is 307 g/mol. The minimum atomic E-state index is -4.47. The van der Waals surface area contributed by atoms with Gasteiger partial charge in [0.2, 0.25) is 5.95 Å². The van der Waals surface area contributed by atoms with Gasteiger partial charge in [0.1, 0.15) is 11.4 Å². The third-order valence-electron chi connectivity index (χ3n) is 3.92. The Kier molecular flexibility index (Phi) is 4.11. The first-order valence-electron chi connectivity index (χ1n) is 7.30. The van der Waals surface area contributed by atoms with Crippen LogP contribution in [0.2, 0.25) is 0 Å². The SMILES string of the molecule is COc1cccc(C2CCCN2c2nccc(C(F)(F)F)n2)c1. The third kappa shape index (κ3) is 3.23. The Morgan fingerprint density at radius 3 is 2.83 bits per heavy atom. The first kappa shape index (κ1) is 15.6. The lowest BCUT2D eigenvalue weighted by Gasteiger charge is -2.25. The number of alkyl halides is 3. The van der Waals surface area contributed by atoms with E-state index in [0.29, 0.717) is 6.54 Å². The van der Waals surface area contributed by atoms with Gasteiger partial charge in [-0.15, -0.1) is 0 Å². The van der Waals surface area contributed by atoms with Gasteiger partial charge in [-0.3, -0.25) is 0 Å². The highest BCUT2D eigenvalue weighted by molar-refractivity contribution is 5.41. The van der Waals surface area contributed by atoms with E-state index in [0.717, 1.165) is 36.4 Å². The minimum Gasteiger partial charge on any atom is -0.497 e. The van der Waals surface area contributed by atoms with E-state index in [1.54, 1.807) is 7.11 Å². The van der Waals surface area contributed by atoms with Crippen molar-refractivity contribution in [2.75, 3.05) is 18.6 Å². The van der Waals surface area contributed by atoms with Crippen molar-refractivity contribution in [2.45, 2.75) is 25.1 Å². The van der Waals surface area contributed by atoms with Gasteiger partial charge in [0, 0.05) is 12.7 Å². The lowest BCUT2D eigenvalue weighted by molar-refractivity contribution is -0.141. The van der Waals surface area contributed by atoms with Gasteiger partial charge < -0.3 is 9.64 Å². The molecule has 1 aliphatic heterocycles. The van der Waals surface area contributed by atoms with Crippen molar-refractivity contribution < 1.29 is 17.9 Å². The van der Waals surface area contributed by atoms with Gasteiger partial charge >= 0.3 is 6.18 Å². The average molecular weight is 323 g/mol. The van der Waals surface area contributed by atoms with E-state index in [2.05, 4.69) is 9.97 Å². The molecule has 0 spiro atoms. The number of anilines is 1. The molecule has 0 bridgehead atoms. The topological polar surface area (TPSA) is 38.2 Å². The average Bonchev–Trinajstić information content (AvgIpc) is 3.04. The fourth-order valence-corrected chi connectivity index (χ4v) is 2.85. The second-order valence-electron chi connectivity index (χ2n) is 5.37. The number of ether oxygens (including phenoxy) is 1. The van der Waals surface area contributed by atoms with Crippen LogP contribution in [-0.2, 0) is 6.18 Å². The highest BCUT2D eigenvalue weighted by Gasteiger charge is 2.35. The number of benzene rings is 1. The van der Waals surface area contributed by atoms with Crippen molar-refractivity contribution in [1.82, 2.24) is 9.97 Å².